The number of aldehydes is 1. The lowest BCUT2D eigenvalue weighted by Gasteiger charge is -2.38. The van der Waals surface area contributed by atoms with Crippen molar-refractivity contribution in [3.8, 4) is 0 Å². The molecule has 0 amide bonds. The van der Waals surface area contributed by atoms with Gasteiger partial charge >= 0.3 is 0 Å². The summed E-state index contributed by atoms with van der Waals surface area (Å²) in [5.41, 5.74) is 0. The first-order chi connectivity index (χ1) is 6.11. The summed E-state index contributed by atoms with van der Waals surface area (Å²) in [7, 11) is 0. The van der Waals surface area contributed by atoms with Gasteiger partial charge < -0.3 is 24.9 Å². The molecule has 0 saturated carbocycles. The summed E-state index contributed by atoms with van der Waals surface area (Å²) in [6.45, 7) is 1.23. The van der Waals surface area contributed by atoms with Crippen LogP contribution in [0.1, 0.15) is 6.92 Å². The van der Waals surface area contributed by atoms with E-state index in [-0.39, 0.29) is 6.61 Å². The standard InChI is InChI=1S/C8H14O5/c1-4-7(11)5(2-9)8(12)6(3-10)13-4/h2,4-8,10-12H,3H2,1H3/t4-,5+,6+,7-,8-/m0/s1. The van der Waals surface area contributed by atoms with Crippen molar-refractivity contribution in [2.45, 2.75) is 31.3 Å². The number of carbonyl (C=O) groups excluding carboxylic acids is 1. The molecule has 0 spiro atoms. The summed E-state index contributed by atoms with van der Waals surface area (Å²) in [6.07, 6.45) is -2.97. The Balaban J connectivity index is 2.74. The van der Waals surface area contributed by atoms with Crippen molar-refractivity contribution in [3.63, 3.8) is 0 Å². The molecule has 1 heterocycles. The van der Waals surface area contributed by atoms with Crippen molar-refractivity contribution < 1.29 is 24.9 Å². The van der Waals surface area contributed by atoms with E-state index in [1.807, 2.05) is 0 Å². The highest BCUT2D eigenvalue weighted by Gasteiger charge is 2.42. The molecule has 5 atom stereocenters. The fourth-order valence-corrected chi connectivity index (χ4v) is 1.51. The molecule has 0 bridgehead atoms. The molecule has 76 valence electrons. The lowest BCUT2D eigenvalue weighted by Crippen LogP contribution is -2.54. The predicted molar refractivity (Wildman–Crippen MR) is 43.0 cm³/mol. The van der Waals surface area contributed by atoms with Crippen LogP contribution in [0.25, 0.3) is 0 Å². The quantitative estimate of drug-likeness (QED) is 0.452. The summed E-state index contributed by atoms with van der Waals surface area (Å²) in [5.74, 6) is -0.874. The highest BCUT2D eigenvalue weighted by Crippen LogP contribution is 2.24. The maximum absolute atomic E-state index is 10.5. The molecule has 1 fully saturated rings. The van der Waals surface area contributed by atoms with Crippen molar-refractivity contribution in [3.05, 3.63) is 0 Å². The Morgan fingerprint density at radius 3 is 2.46 bits per heavy atom. The number of carbonyl (C=O) groups is 1. The van der Waals surface area contributed by atoms with Crippen molar-refractivity contribution in [1.29, 1.82) is 0 Å². The maximum Gasteiger partial charge on any atom is 0.128 e. The Morgan fingerprint density at radius 2 is 2.00 bits per heavy atom. The number of hydrogen-bond donors (Lipinski definition) is 3. The van der Waals surface area contributed by atoms with Crippen molar-refractivity contribution in [2.75, 3.05) is 6.61 Å². The minimum absolute atomic E-state index is 0.359. The zero-order valence-corrected chi connectivity index (χ0v) is 7.33. The third kappa shape index (κ3) is 1.88. The Labute approximate surface area is 75.9 Å². The third-order valence-corrected chi connectivity index (χ3v) is 2.38. The summed E-state index contributed by atoms with van der Waals surface area (Å²) >= 11 is 0. The lowest BCUT2D eigenvalue weighted by atomic mass is 9.88. The molecule has 3 N–H and O–H groups in total. The highest BCUT2D eigenvalue weighted by molar-refractivity contribution is 5.56. The number of rotatable bonds is 2. The first-order valence-electron chi connectivity index (χ1n) is 4.19. The van der Waals surface area contributed by atoms with E-state index in [1.54, 1.807) is 6.92 Å². The SMILES string of the molecule is C[C@@H]1O[C@H](CO)[C@@H](O)[C@H](C=O)[C@H]1O. The third-order valence-electron chi connectivity index (χ3n) is 2.38. The van der Waals surface area contributed by atoms with Gasteiger partial charge in [-0.2, -0.15) is 0 Å². The number of hydrogen-bond acceptors (Lipinski definition) is 5. The van der Waals surface area contributed by atoms with Crippen molar-refractivity contribution in [2.24, 2.45) is 5.92 Å². The van der Waals surface area contributed by atoms with Crippen LogP contribution < -0.4 is 0 Å². The molecule has 0 aromatic carbocycles. The van der Waals surface area contributed by atoms with Crippen LogP contribution in [0.5, 0.6) is 0 Å². The van der Waals surface area contributed by atoms with Gasteiger partial charge in [0.25, 0.3) is 0 Å². The van der Waals surface area contributed by atoms with Gasteiger partial charge in [0, 0.05) is 0 Å². The average Bonchev–Trinajstić information content (AvgIpc) is 2.12. The van der Waals surface area contributed by atoms with Crippen LogP contribution in [0.4, 0.5) is 0 Å². The molecule has 0 unspecified atom stereocenters. The Hall–Kier alpha value is -0.490. The average molecular weight is 190 g/mol. The highest BCUT2D eigenvalue weighted by atomic mass is 16.5. The smallest absolute Gasteiger partial charge is 0.128 e. The molecule has 1 aliphatic heterocycles. The Bertz CT molecular complexity index is 183. The number of aliphatic hydroxyl groups excluding tert-OH is 3. The van der Waals surface area contributed by atoms with Gasteiger partial charge in [0.2, 0.25) is 0 Å². The van der Waals surface area contributed by atoms with Gasteiger partial charge in [0.15, 0.2) is 0 Å². The van der Waals surface area contributed by atoms with E-state index < -0.39 is 30.3 Å². The zero-order valence-electron chi connectivity index (χ0n) is 7.33. The van der Waals surface area contributed by atoms with Crippen molar-refractivity contribution >= 4 is 6.29 Å². The molecule has 1 rings (SSSR count). The molecule has 0 aliphatic carbocycles. The van der Waals surface area contributed by atoms with E-state index in [0.29, 0.717) is 6.29 Å². The first kappa shape index (κ1) is 10.6. The second kappa shape index (κ2) is 4.15. The van der Waals surface area contributed by atoms with E-state index in [2.05, 4.69) is 0 Å². The van der Waals surface area contributed by atoms with E-state index >= 15 is 0 Å². The van der Waals surface area contributed by atoms with Gasteiger partial charge in [0.05, 0.1) is 30.8 Å². The molecule has 5 heteroatoms. The Morgan fingerprint density at radius 1 is 1.38 bits per heavy atom. The molecule has 5 nitrogen and oxygen atoms in total. The minimum Gasteiger partial charge on any atom is -0.394 e. The Kier molecular flexibility index (Phi) is 3.38. The van der Waals surface area contributed by atoms with Crippen LogP contribution in [0.3, 0.4) is 0 Å². The van der Waals surface area contributed by atoms with Crippen LogP contribution in [0.15, 0.2) is 0 Å². The summed E-state index contributed by atoms with van der Waals surface area (Å²) in [6, 6.07) is 0. The molecular formula is C8H14O5. The van der Waals surface area contributed by atoms with E-state index in [9.17, 15) is 15.0 Å². The first-order valence-corrected chi connectivity index (χ1v) is 4.19. The number of ether oxygens (including phenoxy) is 1. The second-order valence-corrected chi connectivity index (χ2v) is 3.26. The fraction of sp³-hybridized carbons (Fsp3) is 0.875. The molecule has 0 aromatic heterocycles. The van der Waals surface area contributed by atoms with E-state index in [4.69, 9.17) is 9.84 Å². The van der Waals surface area contributed by atoms with Crippen LogP contribution in [-0.4, -0.2) is 52.6 Å². The van der Waals surface area contributed by atoms with E-state index in [1.165, 1.54) is 0 Å². The van der Waals surface area contributed by atoms with Crippen LogP contribution in [0.2, 0.25) is 0 Å². The summed E-state index contributed by atoms with van der Waals surface area (Å²) in [5, 5.41) is 27.7. The largest absolute Gasteiger partial charge is 0.394 e. The summed E-state index contributed by atoms with van der Waals surface area (Å²) in [4.78, 5) is 10.5. The van der Waals surface area contributed by atoms with Crippen LogP contribution in [-0.2, 0) is 9.53 Å². The van der Waals surface area contributed by atoms with Gasteiger partial charge in [-0.15, -0.1) is 0 Å². The van der Waals surface area contributed by atoms with E-state index in [0.717, 1.165) is 0 Å². The molecule has 0 radical (unpaired) electrons. The van der Waals surface area contributed by atoms with Gasteiger partial charge in [-0.25, -0.2) is 0 Å². The van der Waals surface area contributed by atoms with Gasteiger partial charge in [-0.05, 0) is 6.92 Å². The topological polar surface area (TPSA) is 87.0 Å². The normalized spacial score (nSPS) is 46.0. The summed E-state index contributed by atoms with van der Waals surface area (Å²) < 4.78 is 5.08. The minimum atomic E-state index is -1.13. The number of aliphatic hydroxyl groups is 3. The van der Waals surface area contributed by atoms with Crippen LogP contribution in [0, 0.1) is 5.92 Å². The molecular weight excluding hydrogens is 176 g/mol. The predicted octanol–water partition coefficient (Wildman–Crippen LogP) is -1.70. The van der Waals surface area contributed by atoms with Gasteiger partial charge in [0.1, 0.15) is 12.4 Å². The van der Waals surface area contributed by atoms with Crippen LogP contribution >= 0.6 is 0 Å². The fourth-order valence-electron chi connectivity index (χ4n) is 1.51. The van der Waals surface area contributed by atoms with Crippen molar-refractivity contribution in [1.82, 2.24) is 0 Å². The molecule has 13 heavy (non-hydrogen) atoms. The molecule has 0 aromatic rings. The molecule has 1 saturated heterocycles. The zero-order chi connectivity index (χ0) is 10.0. The maximum atomic E-state index is 10.5. The van der Waals surface area contributed by atoms with Gasteiger partial charge in [-0.1, -0.05) is 0 Å². The monoisotopic (exact) mass is 190 g/mol. The van der Waals surface area contributed by atoms with Gasteiger partial charge in [-0.3, -0.25) is 0 Å². The second-order valence-electron chi connectivity index (χ2n) is 3.26. The molecule has 1 aliphatic rings. The lowest BCUT2D eigenvalue weighted by molar-refractivity contribution is -0.199.